The van der Waals surface area contributed by atoms with Gasteiger partial charge in [-0.15, -0.1) is 0 Å². The molecule has 3 rings (SSSR count). The Bertz CT molecular complexity index is 750. The Morgan fingerprint density at radius 1 is 1.24 bits per heavy atom. The van der Waals surface area contributed by atoms with E-state index in [2.05, 4.69) is 27.4 Å². The van der Waals surface area contributed by atoms with Gasteiger partial charge in [0.15, 0.2) is 5.78 Å². The number of ether oxygens (including phenoxy) is 1. The van der Waals surface area contributed by atoms with Crippen molar-refractivity contribution in [1.82, 2.24) is 9.97 Å². The molecule has 1 heterocycles. The van der Waals surface area contributed by atoms with E-state index in [1.807, 2.05) is 19.1 Å². The van der Waals surface area contributed by atoms with Crippen molar-refractivity contribution in [1.29, 1.82) is 0 Å². The van der Waals surface area contributed by atoms with Gasteiger partial charge in [-0.25, -0.2) is 9.97 Å². The van der Waals surface area contributed by atoms with Crippen molar-refractivity contribution < 1.29 is 9.53 Å². The molecule has 1 aromatic heterocycles. The van der Waals surface area contributed by atoms with Gasteiger partial charge in [-0.3, -0.25) is 4.79 Å². The number of Topliss-reactive ketones (excluding diaryl/α,β-unsaturated/α-hetero) is 1. The van der Waals surface area contributed by atoms with Crippen molar-refractivity contribution in [3.8, 4) is 5.75 Å². The summed E-state index contributed by atoms with van der Waals surface area (Å²) in [5.74, 6) is 1.46. The molecule has 1 fully saturated rings. The second-order valence-corrected chi connectivity index (χ2v) is 6.82. The van der Waals surface area contributed by atoms with Gasteiger partial charge in [0.25, 0.3) is 0 Å². The summed E-state index contributed by atoms with van der Waals surface area (Å²) in [7, 11) is 1.69. The highest BCUT2D eigenvalue weighted by molar-refractivity contribution is 5.94. The maximum absolute atomic E-state index is 11.5. The fourth-order valence-electron chi connectivity index (χ4n) is 3.71. The number of carbonyl (C=O) groups is 1. The number of hydrogen-bond acceptors (Lipinski definition) is 5. The predicted molar refractivity (Wildman–Crippen MR) is 98.4 cm³/mol. The Kier molecular flexibility index (Phi) is 5.02. The Balaban J connectivity index is 1.78. The molecule has 0 aliphatic heterocycles. The summed E-state index contributed by atoms with van der Waals surface area (Å²) < 4.78 is 5.27. The van der Waals surface area contributed by atoms with Crippen molar-refractivity contribution in [3.63, 3.8) is 0 Å². The van der Waals surface area contributed by atoms with Crippen LogP contribution in [0.25, 0.3) is 0 Å². The maximum Gasteiger partial charge on any atom is 0.222 e. The van der Waals surface area contributed by atoms with E-state index in [0.29, 0.717) is 11.5 Å². The van der Waals surface area contributed by atoms with Crippen LogP contribution < -0.4 is 10.1 Å². The number of nitrogens with one attached hydrogen (secondary N) is 1. The lowest BCUT2D eigenvalue weighted by atomic mass is 9.79. The fourth-order valence-corrected chi connectivity index (χ4v) is 3.71. The number of methoxy groups -OCH3 is 1. The van der Waals surface area contributed by atoms with E-state index < -0.39 is 0 Å². The molecule has 1 N–H and O–H groups in total. The largest absolute Gasteiger partial charge is 0.497 e. The van der Waals surface area contributed by atoms with Crippen LogP contribution in [0.5, 0.6) is 5.75 Å². The van der Waals surface area contributed by atoms with E-state index in [1.165, 1.54) is 25.3 Å². The highest BCUT2D eigenvalue weighted by Gasteiger charge is 2.35. The summed E-state index contributed by atoms with van der Waals surface area (Å²) in [4.78, 5) is 20.3. The van der Waals surface area contributed by atoms with Crippen molar-refractivity contribution in [2.75, 3.05) is 19.0 Å². The number of rotatable bonds is 6. The molecule has 0 radical (unpaired) electrons. The molecule has 0 amide bonds. The molecule has 1 aliphatic carbocycles. The molecule has 0 bridgehead atoms. The zero-order valence-electron chi connectivity index (χ0n) is 15.1. The number of anilines is 1. The summed E-state index contributed by atoms with van der Waals surface area (Å²) in [5.41, 5.74) is 2.73. The summed E-state index contributed by atoms with van der Waals surface area (Å²) in [5, 5.41) is 3.40. The average Bonchev–Trinajstić information content (AvgIpc) is 3.10. The van der Waals surface area contributed by atoms with E-state index in [9.17, 15) is 4.79 Å². The monoisotopic (exact) mass is 339 g/mol. The second kappa shape index (κ2) is 7.21. The third kappa shape index (κ3) is 3.65. The van der Waals surface area contributed by atoms with Gasteiger partial charge in [0, 0.05) is 18.2 Å². The number of benzene rings is 1. The Labute approximate surface area is 148 Å². The van der Waals surface area contributed by atoms with Crippen LogP contribution >= 0.6 is 0 Å². The van der Waals surface area contributed by atoms with Crippen LogP contribution in [0.2, 0.25) is 0 Å². The van der Waals surface area contributed by atoms with Gasteiger partial charge in [0.05, 0.1) is 18.4 Å². The highest BCUT2D eigenvalue weighted by Crippen LogP contribution is 2.41. The summed E-state index contributed by atoms with van der Waals surface area (Å²) in [6.07, 6.45) is 6.38. The maximum atomic E-state index is 11.5. The molecule has 1 aliphatic rings. The molecule has 0 atom stereocenters. The summed E-state index contributed by atoms with van der Waals surface area (Å²) in [6.45, 7) is 4.17. The number of hydrogen-bond donors (Lipinski definition) is 1. The second-order valence-electron chi connectivity index (χ2n) is 6.82. The number of ketones is 1. The van der Waals surface area contributed by atoms with Gasteiger partial charge in [-0.2, -0.15) is 0 Å². The number of carbonyl (C=O) groups excluding carboxylic acids is 1. The standard InChI is InChI=1S/C20H25N3O2/c1-14-18(15(2)24)12-21-19(23-14)22-13-20(10-4-5-11-20)16-6-8-17(25-3)9-7-16/h6-9,12H,4-5,10-11,13H2,1-3H3,(H,21,22,23). The fraction of sp³-hybridized carbons (Fsp3) is 0.450. The van der Waals surface area contributed by atoms with E-state index in [4.69, 9.17) is 4.74 Å². The zero-order chi connectivity index (χ0) is 17.9. The highest BCUT2D eigenvalue weighted by atomic mass is 16.5. The Morgan fingerprint density at radius 3 is 2.48 bits per heavy atom. The van der Waals surface area contributed by atoms with Crippen LogP contribution in [0.3, 0.4) is 0 Å². The molecule has 0 unspecified atom stereocenters. The molecule has 5 heteroatoms. The van der Waals surface area contributed by atoms with Crippen molar-refractivity contribution in [2.24, 2.45) is 0 Å². The summed E-state index contributed by atoms with van der Waals surface area (Å²) >= 11 is 0. The van der Waals surface area contributed by atoms with Crippen molar-refractivity contribution in [2.45, 2.75) is 44.9 Å². The lowest BCUT2D eigenvalue weighted by Gasteiger charge is -2.30. The lowest BCUT2D eigenvalue weighted by Crippen LogP contribution is -2.32. The van der Waals surface area contributed by atoms with Gasteiger partial charge >= 0.3 is 0 Å². The van der Waals surface area contributed by atoms with Gasteiger partial charge in [-0.1, -0.05) is 25.0 Å². The third-order valence-corrected chi connectivity index (χ3v) is 5.21. The first-order valence-electron chi connectivity index (χ1n) is 8.77. The van der Waals surface area contributed by atoms with Crippen LogP contribution in [0, 0.1) is 6.92 Å². The minimum Gasteiger partial charge on any atom is -0.497 e. The average molecular weight is 339 g/mol. The van der Waals surface area contributed by atoms with E-state index >= 15 is 0 Å². The minimum atomic E-state index is -0.00505. The van der Waals surface area contributed by atoms with E-state index in [1.54, 1.807) is 13.3 Å². The molecule has 0 spiro atoms. The number of nitrogens with zero attached hydrogens (tertiary/aromatic N) is 2. The van der Waals surface area contributed by atoms with Crippen molar-refractivity contribution >= 4 is 11.7 Å². The molecular weight excluding hydrogens is 314 g/mol. The minimum absolute atomic E-state index is 0.00505. The number of aromatic nitrogens is 2. The van der Waals surface area contributed by atoms with Crippen LogP contribution in [-0.4, -0.2) is 29.4 Å². The Hall–Kier alpha value is -2.43. The number of aryl methyl sites for hydroxylation is 1. The Morgan fingerprint density at radius 2 is 1.92 bits per heavy atom. The first-order chi connectivity index (χ1) is 12.0. The normalized spacial score (nSPS) is 15.8. The molecule has 1 aromatic carbocycles. The van der Waals surface area contributed by atoms with E-state index in [-0.39, 0.29) is 11.2 Å². The smallest absolute Gasteiger partial charge is 0.222 e. The molecule has 25 heavy (non-hydrogen) atoms. The first-order valence-corrected chi connectivity index (χ1v) is 8.77. The van der Waals surface area contributed by atoms with E-state index in [0.717, 1.165) is 30.8 Å². The van der Waals surface area contributed by atoms with Crippen LogP contribution in [0.4, 0.5) is 5.95 Å². The molecule has 1 saturated carbocycles. The van der Waals surface area contributed by atoms with Crippen LogP contribution in [-0.2, 0) is 5.41 Å². The predicted octanol–water partition coefficient (Wildman–Crippen LogP) is 3.92. The van der Waals surface area contributed by atoms with Gasteiger partial charge in [-0.05, 0) is 44.4 Å². The quantitative estimate of drug-likeness (QED) is 0.808. The lowest BCUT2D eigenvalue weighted by molar-refractivity contribution is 0.101. The molecule has 5 nitrogen and oxygen atoms in total. The van der Waals surface area contributed by atoms with Crippen LogP contribution in [0.15, 0.2) is 30.5 Å². The molecule has 2 aromatic rings. The molecular formula is C20H25N3O2. The zero-order valence-corrected chi connectivity index (χ0v) is 15.1. The van der Waals surface area contributed by atoms with Crippen LogP contribution in [0.1, 0.15) is 54.2 Å². The molecule has 0 saturated heterocycles. The molecule has 132 valence electrons. The topological polar surface area (TPSA) is 64.1 Å². The first kappa shape index (κ1) is 17.4. The van der Waals surface area contributed by atoms with Crippen molar-refractivity contribution in [3.05, 3.63) is 47.3 Å². The van der Waals surface area contributed by atoms with Gasteiger partial charge in [0.1, 0.15) is 5.75 Å². The van der Waals surface area contributed by atoms with Gasteiger partial charge in [0.2, 0.25) is 5.95 Å². The summed E-state index contributed by atoms with van der Waals surface area (Å²) in [6, 6.07) is 8.38. The SMILES string of the molecule is COc1ccc(C2(CNc3ncc(C(C)=O)c(C)n3)CCCC2)cc1. The van der Waals surface area contributed by atoms with Gasteiger partial charge < -0.3 is 10.1 Å². The third-order valence-electron chi connectivity index (χ3n) is 5.21.